The lowest BCUT2D eigenvalue weighted by atomic mass is 10.1. The average Bonchev–Trinajstić information content (AvgIpc) is 2.82. The summed E-state index contributed by atoms with van der Waals surface area (Å²) < 4.78 is 6.12. The summed E-state index contributed by atoms with van der Waals surface area (Å²) in [6, 6.07) is 12.8. The molecule has 3 aromatic rings. The number of nitrogens with one attached hydrogen (secondary N) is 1. The van der Waals surface area contributed by atoms with Gasteiger partial charge in [0, 0.05) is 10.0 Å². The molecule has 5 heteroatoms. The quantitative estimate of drug-likeness (QED) is 0.767. The van der Waals surface area contributed by atoms with Crippen LogP contribution in [0.4, 0.5) is 5.82 Å². The lowest BCUT2D eigenvalue weighted by Crippen LogP contribution is -2.12. The minimum Gasteiger partial charge on any atom is -0.354 e. The van der Waals surface area contributed by atoms with Crippen molar-refractivity contribution in [2.24, 2.45) is 0 Å². The Balaban J connectivity index is 1.91. The summed E-state index contributed by atoms with van der Waals surface area (Å²) in [5.74, 6) is 0.228. The SMILES string of the molecule is Cc1ccc2onc(NC(=O)c3ccc(Br)cc3)c2c1. The molecular formula is C15H11BrN2O2. The van der Waals surface area contributed by atoms with E-state index in [1.54, 1.807) is 12.1 Å². The highest BCUT2D eigenvalue weighted by molar-refractivity contribution is 9.10. The van der Waals surface area contributed by atoms with Gasteiger partial charge in [0.25, 0.3) is 5.91 Å². The maximum Gasteiger partial charge on any atom is 0.256 e. The van der Waals surface area contributed by atoms with Crippen LogP contribution in [0.1, 0.15) is 15.9 Å². The van der Waals surface area contributed by atoms with Gasteiger partial charge in [-0.1, -0.05) is 32.7 Å². The Kier molecular flexibility index (Phi) is 3.28. The van der Waals surface area contributed by atoms with Crippen molar-refractivity contribution in [3.63, 3.8) is 0 Å². The number of amides is 1. The Labute approximate surface area is 123 Å². The van der Waals surface area contributed by atoms with E-state index < -0.39 is 0 Å². The monoisotopic (exact) mass is 330 g/mol. The molecule has 0 unspecified atom stereocenters. The van der Waals surface area contributed by atoms with Crippen LogP contribution in [0.3, 0.4) is 0 Å². The Morgan fingerprint density at radius 1 is 1.20 bits per heavy atom. The Bertz CT molecular complexity index is 778. The topological polar surface area (TPSA) is 55.1 Å². The van der Waals surface area contributed by atoms with Gasteiger partial charge in [-0.05, 0) is 43.3 Å². The molecule has 3 rings (SSSR count). The van der Waals surface area contributed by atoms with E-state index >= 15 is 0 Å². The van der Waals surface area contributed by atoms with E-state index in [0.29, 0.717) is 17.0 Å². The Morgan fingerprint density at radius 2 is 1.95 bits per heavy atom. The van der Waals surface area contributed by atoms with E-state index in [-0.39, 0.29) is 5.91 Å². The Morgan fingerprint density at radius 3 is 2.70 bits per heavy atom. The predicted molar refractivity (Wildman–Crippen MR) is 80.8 cm³/mol. The second-order valence-corrected chi connectivity index (χ2v) is 5.41. The molecule has 0 saturated heterocycles. The smallest absolute Gasteiger partial charge is 0.256 e. The number of benzene rings is 2. The maximum atomic E-state index is 12.1. The average molecular weight is 331 g/mol. The third-order valence-corrected chi connectivity index (χ3v) is 3.49. The first-order chi connectivity index (χ1) is 9.63. The highest BCUT2D eigenvalue weighted by atomic mass is 79.9. The molecule has 0 atom stereocenters. The largest absolute Gasteiger partial charge is 0.354 e. The van der Waals surface area contributed by atoms with Gasteiger partial charge in [0.1, 0.15) is 0 Å². The molecule has 1 heterocycles. The first-order valence-electron chi connectivity index (χ1n) is 6.06. The van der Waals surface area contributed by atoms with Gasteiger partial charge in [0.15, 0.2) is 11.4 Å². The molecule has 0 aliphatic rings. The molecule has 1 aromatic heterocycles. The van der Waals surface area contributed by atoms with Crippen LogP contribution >= 0.6 is 15.9 Å². The number of aromatic nitrogens is 1. The minimum absolute atomic E-state index is 0.214. The molecule has 0 fully saturated rings. The fourth-order valence-electron chi connectivity index (χ4n) is 1.92. The fourth-order valence-corrected chi connectivity index (χ4v) is 2.19. The molecule has 2 aromatic carbocycles. The van der Waals surface area contributed by atoms with Crippen molar-refractivity contribution in [2.75, 3.05) is 5.32 Å². The zero-order chi connectivity index (χ0) is 14.1. The third kappa shape index (κ3) is 2.44. The van der Waals surface area contributed by atoms with Crippen molar-refractivity contribution < 1.29 is 9.32 Å². The van der Waals surface area contributed by atoms with Gasteiger partial charge in [0.2, 0.25) is 0 Å². The van der Waals surface area contributed by atoms with E-state index in [0.717, 1.165) is 15.4 Å². The molecule has 0 spiro atoms. The fraction of sp³-hybridized carbons (Fsp3) is 0.0667. The van der Waals surface area contributed by atoms with Crippen LogP contribution in [-0.4, -0.2) is 11.1 Å². The number of rotatable bonds is 2. The van der Waals surface area contributed by atoms with Gasteiger partial charge >= 0.3 is 0 Å². The van der Waals surface area contributed by atoms with E-state index in [4.69, 9.17) is 4.52 Å². The number of anilines is 1. The number of carbonyl (C=O) groups excluding carboxylic acids is 1. The van der Waals surface area contributed by atoms with Crippen LogP contribution in [0.2, 0.25) is 0 Å². The molecule has 0 saturated carbocycles. The lowest BCUT2D eigenvalue weighted by Gasteiger charge is -2.02. The van der Waals surface area contributed by atoms with Gasteiger partial charge in [-0.2, -0.15) is 0 Å². The van der Waals surface area contributed by atoms with E-state index in [9.17, 15) is 4.79 Å². The minimum atomic E-state index is -0.214. The van der Waals surface area contributed by atoms with Crippen molar-refractivity contribution in [3.8, 4) is 0 Å². The normalized spacial score (nSPS) is 10.7. The van der Waals surface area contributed by atoms with Crippen LogP contribution in [-0.2, 0) is 0 Å². The number of aryl methyl sites for hydroxylation is 1. The van der Waals surface area contributed by atoms with Gasteiger partial charge < -0.3 is 9.84 Å². The van der Waals surface area contributed by atoms with Gasteiger partial charge in [0.05, 0.1) is 5.39 Å². The highest BCUT2D eigenvalue weighted by Gasteiger charge is 2.12. The second-order valence-electron chi connectivity index (χ2n) is 4.49. The van der Waals surface area contributed by atoms with Crippen molar-refractivity contribution in [2.45, 2.75) is 6.92 Å². The summed E-state index contributed by atoms with van der Waals surface area (Å²) in [7, 11) is 0. The van der Waals surface area contributed by atoms with Crippen LogP contribution in [0.5, 0.6) is 0 Å². The van der Waals surface area contributed by atoms with Crippen LogP contribution < -0.4 is 5.32 Å². The summed E-state index contributed by atoms with van der Waals surface area (Å²) >= 11 is 3.34. The number of carbonyl (C=O) groups is 1. The molecule has 0 bridgehead atoms. The second kappa shape index (κ2) is 5.09. The number of hydrogen-bond acceptors (Lipinski definition) is 3. The molecule has 0 aliphatic carbocycles. The molecule has 20 heavy (non-hydrogen) atoms. The van der Waals surface area contributed by atoms with E-state index in [1.807, 2.05) is 37.3 Å². The van der Waals surface area contributed by atoms with Crippen LogP contribution in [0, 0.1) is 6.92 Å². The van der Waals surface area contributed by atoms with Crippen LogP contribution in [0.15, 0.2) is 51.5 Å². The van der Waals surface area contributed by atoms with Gasteiger partial charge in [-0.25, -0.2) is 0 Å². The zero-order valence-electron chi connectivity index (χ0n) is 10.7. The maximum absolute atomic E-state index is 12.1. The molecule has 4 nitrogen and oxygen atoms in total. The lowest BCUT2D eigenvalue weighted by molar-refractivity contribution is 0.102. The summed E-state index contributed by atoms with van der Waals surface area (Å²) in [6.07, 6.45) is 0. The molecule has 100 valence electrons. The molecule has 1 N–H and O–H groups in total. The molecular weight excluding hydrogens is 320 g/mol. The number of hydrogen-bond donors (Lipinski definition) is 1. The first kappa shape index (κ1) is 12.9. The summed E-state index contributed by atoms with van der Waals surface area (Å²) in [5.41, 5.74) is 2.30. The predicted octanol–water partition coefficient (Wildman–Crippen LogP) is 4.15. The number of fused-ring (bicyclic) bond motifs is 1. The third-order valence-electron chi connectivity index (χ3n) is 2.96. The van der Waals surface area contributed by atoms with E-state index in [1.165, 1.54) is 0 Å². The van der Waals surface area contributed by atoms with Gasteiger partial charge in [-0.15, -0.1) is 0 Å². The summed E-state index contributed by atoms with van der Waals surface area (Å²) in [6.45, 7) is 1.98. The van der Waals surface area contributed by atoms with Gasteiger partial charge in [-0.3, -0.25) is 4.79 Å². The van der Waals surface area contributed by atoms with Crippen molar-refractivity contribution >= 4 is 38.6 Å². The first-order valence-corrected chi connectivity index (χ1v) is 6.86. The standard InChI is InChI=1S/C15H11BrN2O2/c1-9-2-7-13-12(8-9)14(18-20-13)17-15(19)10-3-5-11(16)6-4-10/h2-8H,1H3,(H,17,18,19). The molecule has 1 amide bonds. The van der Waals surface area contributed by atoms with E-state index in [2.05, 4.69) is 26.4 Å². The summed E-state index contributed by atoms with van der Waals surface area (Å²) in [4.78, 5) is 12.1. The van der Waals surface area contributed by atoms with Crippen molar-refractivity contribution in [1.82, 2.24) is 5.16 Å². The van der Waals surface area contributed by atoms with Crippen molar-refractivity contribution in [3.05, 3.63) is 58.1 Å². The van der Waals surface area contributed by atoms with Crippen LogP contribution in [0.25, 0.3) is 11.0 Å². The Hall–Kier alpha value is -2.14. The molecule has 0 aliphatic heterocycles. The number of nitrogens with zero attached hydrogens (tertiary/aromatic N) is 1. The zero-order valence-corrected chi connectivity index (χ0v) is 12.3. The number of halogens is 1. The molecule has 0 radical (unpaired) electrons. The highest BCUT2D eigenvalue weighted by Crippen LogP contribution is 2.24. The van der Waals surface area contributed by atoms with Crippen molar-refractivity contribution in [1.29, 1.82) is 0 Å². The summed E-state index contributed by atoms with van der Waals surface area (Å²) in [5, 5.41) is 7.47.